The normalized spacial score (nSPS) is 20.7. The third-order valence-corrected chi connectivity index (χ3v) is 3.98. The Morgan fingerprint density at radius 2 is 2.00 bits per heavy atom. The number of anilines is 2. The zero-order valence-corrected chi connectivity index (χ0v) is 13.5. The number of hydrogen-bond donors (Lipinski definition) is 1. The van der Waals surface area contributed by atoms with Crippen LogP contribution in [0.4, 0.5) is 34.1 Å². The molecule has 0 aromatic heterocycles. The Balaban J connectivity index is 1.90. The van der Waals surface area contributed by atoms with Crippen LogP contribution in [-0.2, 0) is 14.2 Å². The van der Waals surface area contributed by atoms with Gasteiger partial charge < -0.3 is 24.8 Å². The molecule has 0 bridgehead atoms. The molecular formula is C15H16F3N3O5. The molecule has 0 saturated carbocycles. The Morgan fingerprint density at radius 1 is 1.23 bits per heavy atom. The highest BCUT2D eigenvalue weighted by Crippen LogP contribution is 2.34. The highest BCUT2D eigenvalue weighted by molar-refractivity contribution is 5.90. The van der Waals surface area contributed by atoms with E-state index in [1.807, 2.05) is 0 Å². The van der Waals surface area contributed by atoms with Crippen molar-refractivity contribution in [3.8, 4) is 0 Å². The minimum absolute atomic E-state index is 0.201. The van der Waals surface area contributed by atoms with Gasteiger partial charge in [-0.3, -0.25) is 4.90 Å². The van der Waals surface area contributed by atoms with Crippen molar-refractivity contribution in [1.82, 2.24) is 0 Å². The van der Waals surface area contributed by atoms with E-state index in [4.69, 9.17) is 10.5 Å². The van der Waals surface area contributed by atoms with Crippen LogP contribution >= 0.6 is 0 Å². The van der Waals surface area contributed by atoms with E-state index in [-0.39, 0.29) is 13.2 Å². The van der Waals surface area contributed by atoms with E-state index in [0.717, 1.165) is 0 Å². The molecule has 0 aliphatic carbocycles. The lowest BCUT2D eigenvalue weighted by Crippen LogP contribution is -2.31. The molecule has 1 atom stereocenters. The summed E-state index contributed by atoms with van der Waals surface area (Å²) in [6.45, 7) is 0.752. The monoisotopic (exact) mass is 375 g/mol. The molecule has 1 aromatic rings. The second kappa shape index (κ2) is 7.28. The van der Waals surface area contributed by atoms with Gasteiger partial charge in [0.1, 0.15) is 12.2 Å². The number of carbonyl (C=O) groups is 2. The minimum Gasteiger partial charge on any atom is -0.407 e. The average Bonchev–Trinajstić information content (AvgIpc) is 2.77. The maximum Gasteiger partial charge on any atom is 0.417 e. The topological polar surface area (TPSA) is 94.3 Å². The van der Waals surface area contributed by atoms with Crippen LogP contribution < -0.4 is 15.5 Å². The number of carbonyl (C=O) groups excluding carboxylic acids is 2. The summed E-state index contributed by atoms with van der Waals surface area (Å²) < 4.78 is 58.0. The summed E-state index contributed by atoms with van der Waals surface area (Å²) in [6, 6.07) is 0.702. The highest BCUT2D eigenvalue weighted by Gasteiger charge is 2.38. The standard InChI is InChI=1S/C15H16F3N3O5/c16-8-6-9(21-7-10(25-14(19)22)26-15(21)23)11(17)12(18)13(8)20-2-1-4-24-5-3-20/h6,10H,1-5,7H2,(H2,19,22). The Labute approximate surface area is 146 Å². The molecular weight excluding hydrogens is 359 g/mol. The SMILES string of the molecule is NC(=O)OC1CN(c2cc(F)c(N3CCCOCC3)c(F)c2F)C(=O)O1. The smallest absolute Gasteiger partial charge is 0.407 e. The second-order valence-electron chi connectivity index (χ2n) is 5.67. The predicted molar refractivity (Wildman–Crippen MR) is 82.2 cm³/mol. The number of nitrogens with two attached hydrogens (primary N) is 1. The number of primary amides is 1. The van der Waals surface area contributed by atoms with Crippen LogP contribution in [-0.4, -0.2) is 51.3 Å². The third-order valence-electron chi connectivity index (χ3n) is 3.98. The molecule has 2 heterocycles. The molecule has 11 heteroatoms. The number of nitrogens with zero attached hydrogens (tertiary/aromatic N) is 2. The van der Waals surface area contributed by atoms with E-state index in [1.54, 1.807) is 0 Å². The van der Waals surface area contributed by atoms with E-state index >= 15 is 0 Å². The molecule has 2 aliphatic heterocycles. The molecule has 26 heavy (non-hydrogen) atoms. The molecule has 142 valence electrons. The van der Waals surface area contributed by atoms with E-state index < -0.39 is 53.8 Å². The van der Waals surface area contributed by atoms with Gasteiger partial charge >= 0.3 is 12.2 Å². The van der Waals surface area contributed by atoms with Crippen molar-refractivity contribution in [3.63, 3.8) is 0 Å². The molecule has 2 saturated heterocycles. The van der Waals surface area contributed by atoms with Gasteiger partial charge in [0.25, 0.3) is 6.29 Å². The summed E-state index contributed by atoms with van der Waals surface area (Å²) in [5.41, 5.74) is 3.64. The van der Waals surface area contributed by atoms with Crippen LogP contribution in [0.3, 0.4) is 0 Å². The molecule has 2 N–H and O–H groups in total. The van der Waals surface area contributed by atoms with Crippen molar-refractivity contribution in [1.29, 1.82) is 0 Å². The Morgan fingerprint density at radius 3 is 2.73 bits per heavy atom. The van der Waals surface area contributed by atoms with Crippen molar-refractivity contribution < 1.29 is 37.0 Å². The zero-order chi connectivity index (χ0) is 18.8. The molecule has 2 fully saturated rings. The number of cyclic esters (lactones) is 1. The first-order valence-corrected chi connectivity index (χ1v) is 7.83. The zero-order valence-electron chi connectivity index (χ0n) is 13.5. The van der Waals surface area contributed by atoms with E-state index in [1.165, 1.54) is 4.90 Å². The van der Waals surface area contributed by atoms with Crippen molar-refractivity contribution in [3.05, 3.63) is 23.5 Å². The van der Waals surface area contributed by atoms with Crippen molar-refractivity contribution in [2.24, 2.45) is 5.73 Å². The maximum absolute atomic E-state index is 14.5. The van der Waals surface area contributed by atoms with E-state index in [9.17, 15) is 22.8 Å². The fourth-order valence-corrected chi connectivity index (χ4v) is 2.85. The summed E-state index contributed by atoms with van der Waals surface area (Å²) in [4.78, 5) is 24.5. The van der Waals surface area contributed by atoms with Gasteiger partial charge in [0.2, 0.25) is 0 Å². The van der Waals surface area contributed by atoms with Gasteiger partial charge in [0, 0.05) is 25.8 Å². The molecule has 3 rings (SSSR count). The molecule has 8 nitrogen and oxygen atoms in total. The van der Waals surface area contributed by atoms with E-state index in [0.29, 0.717) is 30.5 Å². The molecule has 0 radical (unpaired) electrons. The van der Waals surface area contributed by atoms with Crippen molar-refractivity contribution >= 4 is 23.6 Å². The van der Waals surface area contributed by atoms with Gasteiger partial charge in [-0.05, 0) is 6.42 Å². The number of rotatable bonds is 3. The van der Waals surface area contributed by atoms with Crippen LogP contribution in [0.15, 0.2) is 6.07 Å². The molecule has 1 unspecified atom stereocenters. The molecule has 2 amide bonds. The van der Waals surface area contributed by atoms with Gasteiger partial charge in [0.15, 0.2) is 17.5 Å². The van der Waals surface area contributed by atoms with Gasteiger partial charge in [-0.25, -0.2) is 22.8 Å². The minimum atomic E-state index is -1.42. The van der Waals surface area contributed by atoms with Gasteiger partial charge in [0.05, 0.1) is 12.3 Å². The first-order chi connectivity index (χ1) is 12.4. The van der Waals surface area contributed by atoms with Crippen LogP contribution in [0.25, 0.3) is 0 Å². The quantitative estimate of drug-likeness (QED) is 0.809. The van der Waals surface area contributed by atoms with Crippen LogP contribution in [0.5, 0.6) is 0 Å². The average molecular weight is 375 g/mol. The van der Waals surface area contributed by atoms with Gasteiger partial charge in [-0.15, -0.1) is 0 Å². The Bertz CT molecular complexity index is 725. The number of benzene rings is 1. The van der Waals surface area contributed by atoms with Crippen LogP contribution in [0, 0.1) is 17.5 Å². The number of hydrogen-bond acceptors (Lipinski definition) is 6. The first kappa shape index (κ1) is 18.1. The molecule has 2 aliphatic rings. The van der Waals surface area contributed by atoms with E-state index in [2.05, 4.69) is 9.47 Å². The van der Waals surface area contributed by atoms with Gasteiger partial charge in [-0.2, -0.15) is 0 Å². The largest absolute Gasteiger partial charge is 0.417 e. The van der Waals surface area contributed by atoms with Gasteiger partial charge in [-0.1, -0.05) is 0 Å². The lowest BCUT2D eigenvalue weighted by molar-refractivity contribution is -0.0256. The van der Waals surface area contributed by atoms with Crippen molar-refractivity contribution in [2.75, 3.05) is 42.6 Å². The number of ether oxygens (including phenoxy) is 3. The third kappa shape index (κ3) is 3.47. The predicted octanol–water partition coefficient (Wildman–Crippen LogP) is 1.71. The first-order valence-electron chi connectivity index (χ1n) is 7.83. The lowest BCUT2D eigenvalue weighted by Gasteiger charge is -2.24. The lowest BCUT2D eigenvalue weighted by atomic mass is 10.2. The summed E-state index contributed by atoms with van der Waals surface area (Å²) in [5, 5.41) is 0. The fraction of sp³-hybridized carbons (Fsp3) is 0.467. The van der Waals surface area contributed by atoms with Crippen molar-refractivity contribution in [2.45, 2.75) is 12.7 Å². The Hall–Kier alpha value is -2.69. The number of halogens is 3. The fourth-order valence-electron chi connectivity index (χ4n) is 2.85. The second-order valence-corrected chi connectivity index (χ2v) is 5.67. The maximum atomic E-state index is 14.5. The summed E-state index contributed by atoms with van der Waals surface area (Å²) in [6.07, 6.45) is -3.19. The van der Waals surface area contributed by atoms with Crippen LogP contribution in [0.2, 0.25) is 0 Å². The van der Waals surface area contributed by atoms with Crippen LogP contribution in [0.1, 0.15) is 6.42 Å². The summed E-state index contributed by atoms with van der Waals surface area (Å²) >= 11 is 0. The number of amides is 2. The highest BCUT2D eigenvalue weighted by atomic mass is 19.2. The molecule has 1 aromatic carbocycles. The molecule has 0 spiro atoms. The summed E-state index contributed by atoms with van der Waals surface area (Å²) in [5.74, 6) is -3.87. The Kier molecular flexibility index (Phi) is 5.07. The summed E-state index contributed by atoms with van der Waals surface area (Å²) in [7, 11) is 0.